The smallest absolute Gasteiger partial charge is 0.148 e. The van der Waals surface area contributed by atoms with E-state index >= 15 is 0 Å². The minimum atomic E-state index is 0.469. The van der Waals surface area contributed by atoms with E-state index in [1.54, 1.807) is 0 Å². The molecule has 0 saturated heterocycles. The Kier molecular flexibility index (Phi) is 4.01. The van der Waals surface area contributed by atoms with E-state index in [-0.39, 0.29) is 0 Å². The van der Waals surface area contributed by atoms with Crippen molar-refractivity contribution in [1.82, 2.24) is 14.8 Å². The predicted molar refractivity (Wildman–Crippen MR) is 60.9 cm³/mol. The number of hydrogen-bond acceptors (Lipinski definition) is 2. The lowest BCUT2D eigenvalue weighted by molar-refractivity contribution is 0.366. The summed E-state index contributed by atoms with van der Waals surface area (Å²) in [5, 5.41) is 8.00. The van der Waals surface area contributed by atoms with Gasteiger partial charge in [0.2, 0.25) is 0 Å². The van der Waals surface area contributed by atoms with E-state index in [0.717, 1.165) is 5.82 Å². The van der Waals surface area contributed by atoms with Gasteiger partial charge >= 0.3 is 0 Å². The number of nitrogens with zero attached hydrogens (tertiary/aromatic N) is 3. The molecule has 0 unspecified atom stereocenters. The van der Waals surface area contributed by atoms with Gasteiger partial charge in [-0.25, -0.2) is 0 Å². The van der Waals surface area contributed by atoms with Gasteiger partial charge in [-0.2, -0.15) is 0 Å². The summed E-state index contributed by atoms with van der Waals surface area (Å²) in [4.78, 5) is 0. The maximum atomic E-state index is 5.84. The van der Waals surface area contributed by atoms with Gasteiger partial charge in [-0.15, -0.1) is 21.8 Å². The predicted octanol–water partition coefficient (Wildman–Crippen LogP) is 3.30. The van der Waals surface area contributed by atoms with Crippen LogP contribution in [0.25, 0.3) is 0 Å². The summed E-state index contributed by atoms with van der Waals surface area (Å²) in [5.74, 6) is 1.39. The minimum absolute atomic E-state index is 0.469. The fourth-order valence-electron chi connectivity index (χ4n) is 2.38. The Morgan fingerprint density at radius 3 is 2.53 bits per heavy atom. The lowest BCUT2D eigenvalue weighted by Crippen LogP contribution is -2.12. The molecule has 0 N–H and O–H groups in total. The Morgan fingerprint density at radius 1 is 1.20 bits per heavy atom. The summed E-state index contributed by atoms with van der Waals surface area (Å²) < 4.78 is 2.18. The van der Waals surface area contributed by atoms with Crippen LogP contribution < -0.4 is 0 Å². The average molecular weight is 228 g/mol. The lowest BCUT2D eigenvalue weighted by Gasteiger charge is -2.21. The second-order valence-corrected chi connectivity index (χ2v) is 4.55. The van der Waals surface area contributed by atoms with E-state index in [1.165, 1.54) is 44.9 Å². The zero-order valence-electron chi connectivity index (χ0n) is 9.03. The first-order chi connectivity index (χ1) is 7.42. The minimum Gasteiger partial charge on any atom is -0.313 e. The molecule has 0 aromatic carbocycles. The molecular weight excluding hydrogens is 210 g/mol. The van der Waals surface area contributed by atoms with E-state index in [1.807, 2.05) is 6.33 Å². The highest BCUT2D eigenvalue weighted by Gasteiger charge is 2.16. The average Bonchev–Trinajstić information content (AvgIpc) is 2.65. The second kappa shape index (κ2) is 5.50. The van der Waals surface area contributed by atoms with Gasteiger partial charge < -0.3 is 4.57 Å². The van der Waals surface area contributed by atoms with Crippen molar-refractivity contribution in [1.29, 1.82) is 0 Å². The highest BCUT2D eigenvalue weighted by Crippen LogP contribution is 2.27. The molecule has 2 rings (SSSR count). The highest BCUT2D eigenvalue weighted by molar-refractivity contribution is 6.16. The summed E-state index contributed by atoms with van der Waals surface area (Å²) in [5.41, 5.74) is 0. The third-order valence-electron chi connectivity index (χ3n) is 3.23. The van der Waals surface area contributed by atoms with Crippen molar-refractivity contribution in [2.45, 2.75) is 56.9 Å². The molecule has 1 aromatic heterocycles. The molecule has 0 aliphatic heterocycles. The van der Waals surface area contributed by atoms with Gasteiger partial charge in [0.05, 0.1) is 5.88 Å². The van der Waals surface area contributed by atoms with Crippen molar-refractivity contribution in [2.75, 3.05) is 0 Å². The number of rotatable bonds is 2. The second-order valence-electron chi connectivity index (χ2n) is 4.29. The summed E-state index contributed by atoms with van der Waals surface area (Å²) in [6, 6.07) is 0.578. The molecule has 1 heterocycles. The molecule has 0 amide bonds. The van der Waals surface area contributed by atoms with Gasteiger partial charge in [0.15, 0.2) is 0 Å². The van der Waals surface area contributed by atoms with Crippen molar-refractivity contribution in [3.8, 4) is 0 Å². The van der Waals surface area contributed by atoms with Crippen molar-refractivity contribution < 1.29 is 0 Å². The Morgan fingerprint density at radius 2 is 1.87 bits per heavy atom. The van der Waals surface area contributed by atoms with Crippen LogP contribution in [-0.4, -0.2) is 14.8 Å². The Hall–Kier alpha value is -0.570. The third kappa shape index (κ3) is 2.71. The Labute approximate surface area is 95.8 Å². The van der Waals surface area contributed by atoms with Crippen molar-refractivity contribution in [3.63, 3.8) is 0 Å². The van der Waals surface area contributed by atoms with Crippen molar-refractivity contribution >= 4 is 11.6 Å². The molecular formula is C11H18ClN3. The molecule has 1 fully saturated rings. The SMILES string of the molecule is ClCc1nncn1C1CCCCCCC1. The van der Waals surface area contributed by atoms with E-state index in [0.29, 0.717) is 11.9 Å². The molecule has 4 heteroatoms. The molecule has 84 valence electrons. The van der Waals surface area contributed by atoms with Crippen LogP contribution >= 0.6 is 11.6 Å². The molecule has 1 aliphatic carbocycles. The van der Waals surface area contributed by atoms with E-state index < -0.39 is 0 Å². The van der Waals surface area contributed by atoms with Crippen LogP contribution in [0.1, 0.15) is 56.8 Å². The van der Waals surface area contributed by atoms with Crippen LogP contribution in [0.4, 0.5) is 0 Å². The first-order valence-corrected chi connectivity index (χ1v) is 6.39. The third-order valence-corrected chi connectivity index (χ3v) is 3.47. The topological polar surface area (TPSA) is 30.7 Å². The Bertz CT molecular complexity index is 290. The van der Waals surface area contributed by atoms with Crippen LogP contribution in [0.5, 0.6) is 0 Å². The zero-order valence-corrected chi connectivity index (χ0v) is 9.79. The van der Waals surface area contributed by atoms with Gasteiger partial charge in [-0.05, 0) is 12.8 Å². The quantitative estimate of drug-likeness (QED) is 0.726. The summed E-state index contributed by atoms with van der Waals surface area (Å²) in [6.07, 6.45) is 11.1. The van der Waals surface area contributed by atoms with Gasteiger partial charge in [0, 0.05) is 6.04 Å². The van der Waals surface area contributed by atoms with Crippen LogP contribution in [0.2, 0.25) is 0 Å². The number of hydrogen-bond donors (Lipinski definition) is 0. The first-order valence-electron chi connectivity index (χ1n) is 5.86. The van der Waals surface area contributed by atoms with Crippen LogP contribution in [-0.2, 0) is 5.88 Å². The number of aromatic nitrogens is 3. The van der Waals surface area contributed by atoms with Gasteiger partial charge in [0.1, 0.15) is 12.2 Å². The molecule has 15 heavy (non-hydrogen) atoms. The Balaban J connectivity index is 2.06. The molecule has 1 saturated carbocycles. The summed E-state index contributed by atoms with van der Waals surface area (Å²) >= 11 is 5.84. The zero-order chi connectivity index (χ0) is 10.5. The van der Waals surface area contributed by atoms with Crippen LogP contribution in [0.15, 0.2) is 6.33 Å². The maximum absolute atomic E-state index is 5.84. The molecule has 1 aliphatic rings. The normalized spacial score (nSPS) is 19.8. The lowest BCUT2D eigenvalue weighted by atomic mass is 9.96. The molecule has 3 nitrogen and oxygen atoms in total. The van der Waals surface area contributed by atoms with E-state index in [4.69, 9.17) is 11.6 Å². The standard InChI is InChI=1S/C11H18ClN3/c12-8-11-14-13-9-15(11)10-6-4-2-1-3-5-7-10/h9-10H,1-8H2. The monoisotopic (exact) mass is 227 g/mol. The van der Waals surface area contributed by atoms with Gasteiger partial charge in [-0.1, -0.05) is 32.1 Å². The van der Waals surface area contributed by atoms with Crippen molar-refractivity contribution in [3.05, 3.63) is 12.2 Å². The van der Waals surface area contributed by atoms with Gasteiger partial charge in [0.25, 0.3) is 0 Å². The first kappa shape index (κ1) is 10.9. The van der Waals surface area contributed by atoms with E-state index in [9.17, 15) is 0 Å². The van der Waals surface area contributed by atoms with E-state index in [2.05, 4.69) is 14.8 Å². The van der Waals surface area contributed by atoms with Crippen LogP contribution in [0.3, 0.4) is 0 Å². The molecule has 0 radical (unpaired) electrons. The molecule has 0 atom stereocenters. The largest absolute Gasteiger partial charge is 0.313 e. The fourth-order valence-corrected chi connectivity index (χ4v) is 2.57. The van der Waals surface area contributed by atoms with Crippen molar-refractivity contribution in [2.24, 2.45) is 0 Å². The summed E-state index contributed by atoms with van der Waals surface area (Å²) in [6.45, 7) is 0. The molecule has 1 aromatic rings. The summed E-state index contributed by atoms with van der Waals surface area (Å²) in [7, 11) is 0. The van der Waals surface area contributed by atoms with Crippen LogP contribution in [0, 0.1) is 0 Å². The molecule has 0 spiro atoms. The fraction of sp³-hybridized carbons (Fsp3) is 0.818. The molecule has 0 bridgehead atoms. The number of halogens is 1. The highest BCUT2D eigenvalue weighted by atomic mass is 35.5. The van der Waals surface area contributed by atoms with Gasteiger partial charge in [-0.3, -0.25) is 0 Å². The number of alkyl halides is 1. The maximum Gasteiger partial charge on any atom is 0.148 e.